The maximum absolute atomic E-state index is 12.6. The van der Waals surface area contributed by atoms with Crippen molar-refractivity contribution in [3.05, 3.63) is 47.5 Å². The number of benzene rings is 2. The van der Waals surface area contributed by atoms with E-state index in [0.29, 0.717) is 30.0 Å². The number of carbonyl (C=O) groups is 1. The first-order chi connectivity index (χ1) is 11.4. The quantitative estimate of drug-likeness (QED) is 0.891. The van der Waals surface area contributed by atoms with Crippen molar-refractivity contribution in [1.29, 1.82) is 0 Å². The lowest BCUT2D eigenvalue weighted by Crippen LogP contribution is -2.20. The van der Waals surface area contributed by atoms with E-state index in [1.807, 2.05) is 6.92 Å². The van der Waals surface area contributed by atoms with Crippen LogP contribution in [0.1, 0.15) is 17.5 Å². The van der Waals surface area contributed by atoms with E-state index >= 15 is 0 Å². The minimum atomic E-state index is -3.71. The summed E-state index contributed by atoms with van der Waals surface area (Å²) in [6.07, 6.45) is 0.896. The number of fused-ring (bicyclic) bond motifs is 1. The summed E-state index contributed by atoms with van der Waals surface area (Å²) in [6, 6.07) is 9.86. The van der Waals surface area contributed by atoms with Gasteiger partial charge >= 0.3 is 0 Å². The number of hydrogen-bond acceptors (Lipinski definition) is 4. The van der Waals surface area contributed by atoms with E-state index in [1.165, 1.54) is 6.07 Å². The van der Waals surface area contributed by atoms with Crippen LogP contribution in [-0.4, -0.2) is 21.4 Å². The average Bonchev–Trinajstić information content (AvgIpc) is 2.56. The number of anilines is 2. The van der Waals surface area contributed by atoms with E-state index in [0.717, 1.165) is 11.1 Å². The fourth-order valence-electron chi connectivity index (χ4n) is 2.61. The van der Waals surface area contributed by atoms with Crippen LogP contribution in [0.2, 0.25) is 0 Å². The summed E-state index contributed by atoms with van der Waals surface area (Å²) in [4.78, 5) is 11.6. The van der Waals surface area contributed by atoms with Crippen LogP contribution < -0.4 is 14.8 Å². The number of hydrogen-bond donors (Lipinski definition) is 2. The molecular weight excluding hydrogens is 328 g/mol. The van der Waals surface area contributed by atoms with Gasteiger partial charge in [-0.3, -0.25) is 9.52 Å². The zero-order valence-electron chi connectivity index (χ0n) is 13.4. The molecule has 3 rings (SSSR count). The van der Waals surface area contributed by atoms with E-state index in [9.17, 15) is 13.2 Å². The van der Waals surface area contributed by atoms with Gasteiger partial charge in [-0.2, -0.15) is 0 Å². The van der Waals surface area contributed by atoms with Crippen LogP contribution in [-0.2, 0) is 21.2 Å². The van der Waals surface area contributed by atoms with Crippen LogP contribution in [0.3, 0.4) is 0 Å². The zero-order valence-corrected chi connectivity index (χ0v) is 14.2. The van der Waals surface area contributed by atoms with Crippen molar-refractivity contribution < 1.29 is 17.9 Å². The molecule has 1 heterocycles. The Morgan fingerprint density at radius 3 is 2.62 bits per heavy atom. The van der Waals surface area contributed by atoms with Crippen molar-refractivity contribution in [3.63, 3.8) is 0 Å². The highest BCUT2D eigenvalue weighted by molar-refractivity contribution is 7.92. The fraction of sp³-hybridized carbons (Fsp3) is 0.235. The highest BCUT2D eigenvalue weighted by Gasteiger charge is 2.20. The van der Waals surface area contributed by atoms with Crippen LogP contribution >= 0.6 is 0 Å². The largest absolute Gasteiger partial charge is 0.497 e. The molecule has 0 radical (unpaired) electrons. The Morgan fingerprint density at radius 2 is 1.92 bits per heavy atom. The van der Waals surface area contributed by atoms with Gasteiger partial charge in [-0.15, -0.1) is 0 Å². The van der Waals surface area contributed by atoms with E-state index in [1.54, 1.807) is 37.4 Å². The van der Waals surface area contributed by atoms with Crippen LogP contribution in [0.4, 0.5) is 11.4 Å². The standard InChI is InChI=1S/C17H18N2O4S/c1-11-9-13(23-2)4-6-15(11)19-24(21,22)14-5-7-16-12(10-14)3-8-17(20)18-16/h4-7,9-10,19H,3,8H2,1-2H3,(H,18,20). The second-order valence-corrected chi connectivity index (χ2v) is 7.34. The molecule has 0 unspecified atom stereocenters. The fourth-order valence-corrected chi connectivity index (χ4v) is 3.79. The van der Waals surface area contributed by atoms with Gasteiger partial charge < -0.3 is 10.1 Å². The monoisotopic (exact) mass is 346 g/mol. The van der Waals surface area contributed by atoms with Crippen molar-refractivity contribution in [1.82, 2.24) is 0 Å². The van der Waals surface area contributed by atoms with Crippen LogP contribution in [0, 0.1) is 6.92 Å². The molecule has 2 N–H and O–H groups in total. The summed E-state index contributed by atoms with van der Waals surface area (Å²) < 4.78 is 33.0. The first-order valence-electron chi connectivity index (χ1n) is 7.49. The Morgan fingerprint density at radius 1 is 1.12 bits per heavy atom. The average molecular weight is 346 g/mol. The van der Waals surface area contributed by atoms with Crippen molar-refractivity contribution >= 4 is 27.3 Å². The lowest BCUT2D eigenvalue weighted by Gasteiger charge is -2.18. The maximum atomic E-state index is 12.6. The van der Waals surface area contributed by atoms with Crippen LogP contribution in [0.15, 0.2) is 41.3 Å². The third-order valence-corrected chi connectivity index (χ3v) is 5.32. The molecule has 1 aliphatic rings. The summed E-state index contributed by atoms with van der Waals surface area (Å²) in [5.74, 6) is 0.616. The minimum Gasteiger partial charge on any atom is -0.497 e. The van der Waals surface area contributed by atoms with E-state index in [4.69, 9.17) is 4.74 Å². The lowest BCUT2D eigenvalue weighted by atomic mass is 10.0. The molecule has 6 nitrogen and oxygen atoms in total. The molecule has 1 amide bonds. The number of sulfonamides is 1. The highest BCUT2D eigenvalue weighted by Crippen LogP contribution is 2.28. The smallest absolute Gasteiger partial charge is 0.261 e. The SMILES string of the molecule is COc1ccc(NS(=O)(=O)c2ccc3c(c2)CCC(=O)N3)c(C)c1. The van der Waals surface area contributed by atoms with Crippen molar-refractivity contribution in [2.45, 2.75) is 24.7 Å². The molecule has 0 aromatic heterocycles. The summed E-state index contributed by atoms with van der Waals surface area (Å²) in [5.41, 5.74) is 2.76. The number of methoxy groups -OCH3 is 1. The predicted octanol–water partition coefficient (Wildman–Crippen LogP) is 2.69. The Balaban J connectivity index is 1.90. The molecule has 2 aromatic carbocycles. The Bertz CT molecular complexity index is 907. The van der Waals surface area contributed by atoms with E-state index < -0.39 is 10.0 Å². The van der Waals surface area contributed by atoms with Crippen molar-refractivity contribution in [2.75, 3.05) is 17.1 Å². The zero-order chi connectivity index (χ0) is 17.3. The number of rotatable bonds is 4. The van der Waals surface area contributed by atoms with Gasteiger partial charge in [0.2, 0.25) is 5.91 Å². The van der Waals surface area contributed by atoms with Crippen molar-refractivity contribution in [3.8, 4) is 5.75 Å². The normalized spacial score (nSPS) is 13.8. The van der Waals surface area contributed by atoms with Gasteiger partial charge in [0.15, 0.2) is 0 Å². The Hall–Kier alpha value is -2.54. The number of amides is 1. The maximum Gasteiger partial charge on any atom is 0.261 e. The molecule has 1 aliphatic heterocycles. The number of ether oxygens (including phenoxy) is 1. The van der Waals surface area contributed by atoms with Gasteiger partial charge in [0.25, 0.3) is 10.0 Å². The molecule has 0 fully saturated rings. The first kappa shape index (κ1) is 16.3. The van der Waals surface area contributed by atoms with Crippen LogP contribution in [0.5, 0.6) is 5.75 Å². The van der Waals surface area contributed by atoms with Gasteiger partial charge in [0.05, 0.1) is 17.7 Å². The summed E-state index contributed by atoms with van der Waals surface area (Å²) in [6.45, 7) is 1.81. The molecule has 0 saturated heterocycles. The van der Waals surface area contributed by atoms with Gasteiger partial charge in [0, 0.05) is 12.1 Å². The molecule has 7 heteroatoms. The highest BCUT2D eigenvalue weighted by atomic mass is 32.2. The lowest BCUT2D eigenvalue weighted by molar-refractivity contribution is -0.116. The molecule has 0 bridgehead atoms. The number of carbonyl (C=O) groups excluding carboxylic acids is 1. The molecule has 0 spiro atoms. The molecule has 0 atom stereocenters. The molecule has 0 saturated carbocycles. The third kappa shape index (κ3) is 3.21. The Kier molecular flexibility index (Phi) is 4.19. The predicted molar refractivity (Wildman–Crippen MR) is 91.9 cm³/mol. The minimum absolute atomic E-state index is 0.0508. The van der Waals surface area contributed by atoms with Gasteiger partial charge in [-0.1, -0.05) is 0 Å². The van der Waals surface area contributed by atoms with E-state index in [2.05, 4.69) is 10.0 Å². The second kappa shape index (κ2) is 6.16. The molecule has 0 aliphatic carbocycles. The molecule has 24 heavy (non-hydrogen) atoms. The second-order valence-electron chi connectivity index (χ2n) is 5.65. The topological polar surface area (TPSA) is 84.5 Å². The summed E-state index contributed by atoms with van der Waals surface area (Å²) in [5, 5.41) is 2.74. The van der Waals surface area contributed by atoms with Crippen LogP contribution in [0.25, 0.3) is 0 Å². The molecular formula is C17H18N2O4S. The first-order valence-corrected chi connectivity index (χ1v) is 8.97. The summed E-state index contributed by atoms with van der Waals surface area (Å²) >= 11 is 0. The number of nitrogens with one attached hydrogen (secondary N) is 2. The summed E-state index contributed by atoms with van der Waals surface area (Å²) in [7, 11) is -2.15. The van der Waals surface area contributed by atoms with Gasteiger partial charge in [0.1, 0.15) is 5.75 Å². The van der Waals surface area contributed by atoms with Crippen molar-refractivity contribution in [2.24, 2.45) is 0 Å². The van der Waals surface area contributed by atoms with E-state index in [-0.39, 0.29) is 10.8 Å². The number of aryl methyl sites for hydroxylation is 2. The Labute approximate surface area is 140 Å². The van der Waals surface area contributed by atoms with Gasteiger partial charge in [-0.25, -0.2) is 8.42 Å². The van der Waals surface area contributed by atoms with Gasteiger partial charge in [-0.05, 0) is 60.9 Å². The third-order valence-electron chi connectivity index (χ3n) is 3.96. The molecule has 2 aromatic rings. The molecule has 126 valence electrons.